The van der Waals surface area contributed by atoms with Crippen molar-refractivity contribution in [3.8, 4) is 17.8 Å². The van der Waals surface area contributed by atoms with E-state index in [0.29, 0.717) is 0 Å². The van der Waals surface area contributed by atoms with E-state index in [4.69, 9.17) is 6.42 Å². The molecule has 0 unspecified atom stereocenters. The molecule has 0 bridgehead atoms. The molecule has 1 radical (unpaired) electrons. The first-order valence-electron chi connectivity index (χ1n) is 2.40. The van der Waals surface area contributed by atoms with Crippen LogP contribution in [0.15, 0.2) is 17.5 Å². The Morgan fingerprint density at radius 1 is 1.56 bits per heavy atom. The van der Waals surface area contributed by atoms with Crippen molar-refractivity contribution in [3.63, 3.8) is 0 Å². The van der Waals surface area contributed by atoms with Crippen LogP contribution in [-0.4, -0.2) is 0 Å². The molecule has 0 fully saturated rings. The Morgan fingerprint density at radius 2 is 2.44 bits per heavy atom. The lowest BCUT2D eigenvalue weighted by Crippen LogP contribution is -1.55. The molecule has 0 amide bonds. The van der Waals surface area contributed by atoms with Gasteiger partial charge in [-0.15, -0.1) is 11.3 Å². The number of rotatable bonds is 0. The molecular weight excluding hydrogens is 128 g/mol. The first-order valence-corrected chi connectivity index (χ1v) is 3.27. The summed E-state index contributed by atoms with van der Waals surface area (Å²) >= 11 is 1.57. The Bertz CT molecular complexity index is 264. The molecule has 0 aliphatic carbocycles. The minimum Gasteiger partial charge on any atom is -0.135 e. The molecular formula is C8H3S. The quantitative estimate of drug-likeness (QED) is 0.470. The second-order valence-electron chi connectivity index (χ2n) is 1.35. The second kappa shape index (κ2) is 2.97. The molecule has 0 aliphatic heterocycles. The molecule has 0 aliphatic rings. The van der Waals surface area contributed by atoms with E-state index in [-0.39, 0.29) is 0 Å². The topological polar surface area (TPSA) is 0 Å². The molecule has 0 saturated carbocycles. The highest BCUT2D eigenvalue weighted by atomic mass is 32.1. The molecule has 0 N–H and O–H groups in total. The van der Waals surface area contributed by atoms with Gasteiger partial charge in [0.1, 0.15) is 0 Å². The predicted octanol–water partition coefficient (Wildman–Crippen LogP) is 1.69. The molecule has 9 heavy (non-hydrogen) atoms. The minimum atomic E-state index is 0.981. The van der Waals surface area contributed by atoms with Crippen LogP contribution in [0, 0.1) is 24.2 Å². The van der Waals surface area contributed by atoms with E-state index >= 15 is 0 Å². The third kappa shape index (κ3) is 1.64. The number of hydrogen-bond donors (Lipinski definition) is 0. The molecule has 0 aromatic carbocycles. The Balaban J connectivity index is 2.82. The van der Waals surface area contributed by atoms with Crippen LogP contribution in [-0.2, 0) is 0 Å². The first-order chi connectivity index (χ1) is 4.43. The van der Waals surface area contributed by atoms with Crippen molar-refractivity contribution in [1.82, 2.24) is 0 Å². The first kappa shape index (κ1) is 5.95. The third-order valence-corrected chi connectivity index (χ3v) is 1.55. The summed E-state index contributed by atoms with van der Waals surface area (Å²) in [6.45, 7) is 0. The maximum absolute atomic E-state index is 6.49. The highest BCUT2D eigenvalue weighted by Crippen LogP contribution is 2.04. The monoisotopic (exact) mass is 131 g/mol. The lowest BCUT2D eigenvalue weighted by Gasteiger charge is -1.69. The molecule has 41 valence electrons. The van der Waals surface area contributed by atoms with Gasteiger partial charge in [-0.1, -0.05) is 6.07 Å². The summed E-state index contributed by atoms with van der Waals surface area (Å²) in [5, 5.41) is 1.95. The maximum Gasteiger partial charge on any atom is 0.0778 e. The fourth-order valence-corrected chi connectivity index (χ4v) is 1.01. The Kier molecular flexibility index (Phi) is 1.96. The van der Waals surface area contributed by atoms with Gasteiger partial charge in [-0.2, -0.15) is 0 Å². The van der Waals surface area contributed by atoms with Crippen molar-refractivity contribution in [2.45, 2.75) is 0 Å². The molecule has 0 spiro atoms. The SMILES string of the molecule is [C]#CC#Cc1cccs1. The van der Waals surface area contributed by atoms with Gasteiger partial charge in [0.25, 0.3) is 0 Å². The van der Waals surface area contributed by atoms with Crippen molar-refractivity contribution in [1.29, 1.82) is 0 Å². The van der Waals surface area contributed by atoms with E-state index in [2.05, 4.69) is 11.8 Å². The smallest absolute Gasteiger partial charge is 0.0778 e. The van der Waals surface area contributed by atoms with Gasteiger partial charge in [-0.05, 0) is 35.6 Å². The van der Waals surface area contributed by atoms with Crippen LogP contribution in [0.1, 0.15) is 4.88 Å². The predicted molar refractivity (Wildman–Crippen MR) is 38.3 cm³/mol. The normalized spacial score (nSPS) is 7.00. The summed E-state index contributed by atoms with van der Waals surface area (Å²) in [5.74, 6) is 7.17. The lowest BCUT2D eigenvalue weighted by molar-refractivity contribution is 1.94. The van der Waals surface area contributed by atoms with Crippen molar-refractivity contribution < 1.29 is 0 Å². The highest BCUT2D eigenvalue weighted by Gasteiger charge is 1.81. The molecule has 1 heterocycles. The zero-order valence-corrected chi connectivity index (χ0v) is 5.46. The number of thiophene rings is 1. The van der Waals surface area contributed by atoms with E-state index in [0.717, 1.165) is 4.88 Å². The summed E-state index contributed by atoms with van der Waals surface area (Å²) in [6.07, 6.45) is 6.49. The minimum absolute atomic E-state index is 0.981. The summed E-state index contributed by atoms with van der Waals surface area (Å²) in [4.78, 5) is 0.981. The van der Waals surface area contributed by atoms with Crippen molar-refractivity contribution >= 4 is 11.3 Å². The Morgan fingerprint density at radius 3 is 3.00 bits per heavy atom. The molecule has 1 heteroatoms. The van der Waals surface area contributed by atoms with Crippen LogP contribution in [0.5, 0.6) is 0 Å². The van der Waals surface area contributed by atoms with E-state index in [9.17, 15) is 0 Å². The van der Waals surface area contributed by atoms with E-state index in [1.54, 1.807) is 11.3 Å². The van der Waals surface area contributed by atoms with Gasteiger partial charge < -0.3 is 0 Å². The number of hydrogen-bond acceptors (Lipinski definition) is 1. The van der Waals surface area contributed by atoms with E-state index < -0.39 is 0 Å². The fourth-order valence-electron chi connectivity index (χ4n) is 0.443. The average molecular weight is 131 g/mol. The van der Waals surface area contributed by atoms with E-state index in [1.807, 2.05) is 23.4 Å². The van der Waals surface area contributed by atoms with Crippen LogP contribution in [0.3, 0.4) is 0 Å². The summed E-state index contributed by atoms with van der Waals surface area (Å²) in [7, 11) is 0. The second-order valence-corrected chi connectivity index (χ2v) is 2.30. The standard InChI is InChI=1S/C8H3S/c1-2-3-5-8-6-4-7-9-8/h4,6-7H. The summed E-state index contributed by atoms with van der Waals surface area (Å²) in [5.41, 5.74) is 0. The summed E-state index contributed by atoms with van der Waals surface area (Å²) in [6, 6.07) is 3.84. The Labute approximate surface area is 58.5 Å². The highest BCUT2D eigenvalue weighted by molar-refractivity contribution is 7.10. The summed E-state index contributed by atoms with van der Waals surface area (Å²) < 4.78 is 0. The van der Waals surface area contributed by atoms with Crippen LogP contribution in [0.25, 0.3) is 0 Å². The molecule has 1 rings (SSSR count). The van der Waals surface area contributed by atoms with Gasteiger partial charge >= 0.3 is 0 Å². The molecule has 0 nitrogen and oxygen atoms in total. The van der Waals surface area contributed by atoms with Gasteiger partial charge in [0, 0.05) is 0 Å². The van der Waals surface area contributed by atoms with Crippen LogP contribution in [0.4, 0.5) is 0 Å². The van der Waals surface area contributed by atoms with Gasteiger partial charge in [0.05, 0.1) is 4.88 Å². The molecule has 1 aromatic rings. The maximum atomic E-state index is 6.49. The molecule has 0 atom stereocenters. The largest absolute Gasteiger partial charge is 0.135 e. The van der Waals surface area contributed by atoms with Crippen LogP contribution >= 0.6 is 11.3 Å². The van der Waals surface area contributed by atoms with Crippen molar-refractivity contribution in [3.05, 3.63) is 28.8 Å². The molecule has 1 aromatic heterocycles. The lowest BCUT2D eigenvalue weighted by atomic mass is 10.4. The van der Waals surface area contributed by atoms with Gasteiger partial charge in [-0.25, -0.2) is 0 Å². The van der Waals surface area contributed by atoms with E-state index in [1.165, 1.54) is 0 Å². The zero-order valence-electron chi connectivity index (χ0n) is 4.64. The van der Waals surface area contributed by atoms with Crippen molar-refractivity contribution in [2.75, 3.05) is 0 Å². The van der Waals surface area contributed by atoms with Gasteiger partial charge in [0.2, 0.25) is 0 Å². The van der Waals surface area contributed by atoms with Crippen molar-refractivity contribution in [2.24, 2.45) is 0 Å². The van der Waals surface area contributed by atoms with Crippen LogP contribution < -0.4 is 0 Å². The fraction of sp³-hybridized carbons (Fsp3) is 0. The van der Waals surface area contributed by atoms with Gasteiger partial charge in [-0.3, -0.25) is 0 Å². The van der Waals surface area contributed by atoms with Gasteiger partial charge in [0.15, 0.2) is 0 Å². The molecule has 0 saturated heterocycles. The third-order valence-electron chi connectivity index (χ3n) is 0.769. The Hall–Kier alpha value is -1.18. The van der Waals surface area contributed by atoms with Crippen LogP contribution in [0.2, 0.25) is 0 Å². The average Bonchev–Trinajstić information content (AvgIpc) is 2.34. The zero-order chi connectivity index (χ0) is 6.53.